The first-order valence-corrected chi connectivity index (χ1v) is 7.98. The molecule has 96 valence electrons. The average molecular weight is 297 g/mol. The number of aromatic nitrogens is 1. The molecule has 2 rings (SSSR count). The maximum atomic E-state index is 11.9. The van der Waals surface area contributed by atoms with Crippen LogP contribution in [-0.4, -0.2) is 30.7 Å². The Kier molecular flexibility index (Phi) is 4.04. The monoisotopic (exact) mass is 296 g/mol. The van der Waals surface area contributed by atoms with Gasteiger partial charge in [0, 0.05) is 6.04 Å². The van der Waals surface area contributed by atoms with Gasteiger partial charge in [-0.15, -0.1) is 0 Å². The van der Waals surface area contributed by atoms with E-state index in [1.54, 1.807) is 0 Å². The Morgan fingerprint density at radius 3 is 2.76 bits per heavy atom. The van der Waals surface area contributed by atoms with E-state index in [1.165, 1.54) is 6.20 Å². The van der Waals surface area contributed by atoms with Gasteiger partial charge in [0.1, 0.15) is 0 Å². The van der Waals surface area contributed by atoms with Crippen molar-refractivity contribution in [1.82, 2.24) is 9.71 Å². The molecule has 1 aromatic rings. The van der Waals surface area contributed by atoms with Crippen LogP contribution < -0.4 is 4.72 Å². The summed E-state index contributed by atoms with van der Waals surface area (Å²) in [6.45, 7) is 0. The van der Waals surface area contributed by atoms with Crippen LogP contribution in [0.4, 0.5) is 0 Å². The third-order valence-corrected chi connectivity index (χ3v) is 5.82. The summed E-state index contributed by atoms with van der Waals surface area (Å²) in [5.41, 5.74) is 0. The van der Waals surface area contributed by atoms with Crippen LogP contribution in [0.1, 0.15) is 25.7 Å². The molecule has 2 N–H and O–H groups in total. The number of rotatable bonds is 3. The van der Waals surface area contributed by atoms with Gasteiger partial charge in [-0.3, -0.25) is 0 Å². The number of nitrogens with zero attached hydrogens (tertiary/aromatic N) is 1. The van der Waals surface area contributed by atoms with Crippen LogP contribution in [0.5, 0.6) is 0 Å². The minimum atomic E-state index is -3.61. The molecule has 0 bridgehead atoms. The fraction of sp³-hybridized carbons (Fsp3) is 0.667. The number of aliphatic hydroxyl groups is 1. The van der Waals surface area contributed by atoms with Crippen molar-refractivity contribution in [3.63, 3.8) is 0 Å². The van der Waals surface area contributed by atoms with E-state index in [2.05, 4.69) is 9.71 Å². The Morgan fingerprint density at radius 1 is 1.47 bits per heavy atom. The van der Waals surface area contributed by atoms with Crippen LogP contribution in [0.2, 0.25) is 4.47 Å². The smallest absolute Gasteiger partial charge is 0.252 e. The molecule has 2 atom stereocenters. The molecule has 0 spiro atoms. The van der Waals surface area contributed by atoms with Crippen LogP contribution in [0.3, 0.4) is 0 Å². The third-order valence-electron chi connectivity index (χ3n) is 2.76. The van der Waals surface area contributed by atoms with Gasteiger partial charge in [0.05, 0.1) is 12.3 Å². The highest BCUT2D eigenvalue weighted by atomic mass is 35.5. The molecule has 1 fully saturated rings. The topological polar surface area (TPSA) is 79.3 Å². The lowest BCUT2D eigenvalue weighted by Gasteiger charge is -2.27. The SMILES string of the molecule is O=S(=O)(NC1CCCCC1O)c1cnc(Cl)s1. The van der Waals surface area contributed by atoms with Crippen LogP contribution in [0, 0.1) is 0 Å². The summed E-state index contributed by atoms with van der Waals surface area (Å²) in [4.78, 5) is 3.70. The lowest BCUT2D eigenvalue weighted by atomic mass is 9.93. The van der Waals surface area contributed by atoms with Gasteiger partial charge in [-0.25, -0.2) is 18.1 Å². The number of sulfonamides is 1. The Labute approximate surface area is 109 Å². The fourth-order valence-electron chi connectivity index (χ4n) is 1.87. The molecule has 0 aromatic carbocycles. The highest BCUT2D eigenvalue weighted by Gasteiger charge is 2.29. The molecule has 17 heavy (non-hydrogen) atoms. The van der Waals surface area contributed by atoms with E-state index >= 15 is 0 Å². The zero-order valence-electron chi connectivity index (χ0n) is 8.97. The van der Waals surface area contributed by atoms with Crippen molar-refractivity contribution in [1.29, 1.82) is 0 Å². The summed E-state index contributed by atoms with van der Waals surface area (Å²) >= 11 is 6.51. The largest absolute Gasteiger partial charge is 0.391 e. The first kappa shape index (κ1) is 13.2. The lowest BCUT2D eigenvalue weighted by molar-refractivity contribution is 0.101. The highest BCUT2D eigenvalue weighted by molar-refractivity contribution is 7.91. The van der Waals surface area contributed by atoms with Gasteiger partial charge in [0.2, 0.25) is 0 Å². The zero-order valence-corrected chi connectivity index (χ0v) is 11.4. The first-order valence-electron chi connectivity index (χ1n) is 5.31. The minimum Gasteiger partial charge on any atom is -0.391 e. The van der Waals surface area contributed by atoms with Crippen molar-refractivity contribution in [2.45, 2.75) is 42.0 Å². The van der Waals surface area contributed by atoms with Gasteiger partial charge >= 0.3 is 0 Å². The van der Waals surface area contributed by atoms with Gasteiger partial charge < -0.3 is 5.11 Å². The molecule has 1 aliphatic rings. The van der Waals surface area contributed by atoms with Crippen LogP contribution in [0.25, 0.3) is 0 Å². The molecular formula is C9H13ClN2O3S2. The van der Waals surface area contributed by atoms with Gasteiger partial charge in [0.25, 0.3) is 10.0 Å². The van der Waals surface area contributed by atoms with Gasteiger partial charge in [0.15, 0.2) is 8.68 Å². The van der Waals surface area contributed by atoms with E-state index in [1.807, 2.05) is 0 Å². The summed E-state index contributed by atoms with van der Waals surface area (Å²) in [5, 5.41) is 9.72. The second kappa shape index (κ2) is 5.19. The van der Waals surface area contributed by atoms with Crippen molar-refractivity contribution >= 4 is 33.0 Å². The Hall–Kier alpha value is -0.210. The van der Waals surface area contributed by atoms with E-state index in [0.29, 0.717) is 12.8 Å². The Bertz CT molecular complexity index is 488. The average Bonchev–Trinajstić information content (AvgIpc) is 2.69. The number of halogens is 1. The molecule has 1 aromatic heterocycles. The van der Waals surface area contributed by atoms with Crippen molar-refractivity contribution in [2.75, 3.05) is 0 Å². The summed E-state index contributed by atoms with van der Waals surface area (Å²) < 4.78 is 26.7. The molecule has 0 saturated heterocycles. The van der Waals surface area contributed by atoms with E-state index in [0.717, 1.165) is 24.2 Å². The Balaban J connectivity index is 2.11. The Morgan fingerprint density at radius 2 is 2.18 bits per heavy atom. The zero-order chi connectivity index (χ0) is 12.5. The van der Waals surface area contributed by atoms with E-state index in [9.17, 15) is 13.5 Å². The molecule has 1 heterocycles. The number of hydrogen-bond acceptors (Lipinski definition) is 5. The molecule has 1 aliphatic carbocycles. The minimum absolute atomic E-state index is 0.0836. The quantitative estimate of drug-likeness (QED) is 0.883. The van der Waals surface area contributed by atoms with Crippen molar-refractivity contribution < 1.29 is 13.5 Å². The van der Waals surface area contributed by atoms with Gasteiger partial charge in [-0.2, -0.15) is 0 Å². The van der Waals surface area contributed by atoms with Crippen molar-refractivity contribution in [3.05, 3.63) is 10.7 Å². The molecule has 2 unspecified atom stereocenters. The summed E-state index contributed by atoms with van der Waals surface area (Å²) in [5.74, 6) is 0. The number of hydrogen-bond donors (Lipinski definition) is 2. The summed E-state index contributed by atoms with van der Waals surface area (Å²) in [6.07, 6.45) is 3.77. The molecule has 5 nitrogen and oxygen atoms in total. The number of nitrogens with one attached hydrogen (secondary N) is 1. The van der Waals surface area contributed by atoms with Gasteiger partial charge in [-0.1, -0.05) is 35.8 Å². The molecule has 1 saturated carbocycles. The normalized spacial score (nSPS) is 26.0. The summed E-state index contributed by atoms with van der Waals surface area (Å²) in [7, 11) is -3.61. The molecule has 0 radical (unpaired) electrons. The number of thiazole rings is 1. The maximum absolute atomic E-state index is 11.9. The lowest BCUT2D eigenvalue weighted by Crippen LogP contribution is -2.44. The third kappa shape index (κ3) is 3.17. The standard InChI is InChI=1S/C9H13ClN2O3S2/c10-9-11-5-8(16-9)17(14,15)12-6-3-1-2-4-7(6)13/h5-7,12-13H,1-4H2. The predicted octanol–water partition coefficient (Wildman–Crippen LogP) is 1.38. The second-order valence-corrected chi connectivity index (χ2v) is 7.57. The van der Waals surface area contributed by atoms with Crippen LogP contribution in [-0.2, 0) is 10.0 Å². The van der Waals surface area contributed by atoms with E-state index < -0.39 is 22.2 Å². The molecule has 8 heteroatoms. The summed E-state index contributed by atoms with van der Waals surface area (Å²) in [6, 6.07) is -0.408. The molecule has 0 amide bonds. The number of aliphatic hydroxyl groups excluding tert-OH is 1. The second-order valence-electron chi connectivity index (χ2n) is 4.01. The van der Waals surface area contributed by atoms with Crippen LogP contribution in [0.15, 0.2) is 10.4 Å². The van der Waals surface area contributed by atoms with E-state index in [4.69, 9.17) is 11.6 Å². The van der Waals surface area contributed by atoms with Crippen molar-refractivity contribution in [2.24, 2.45) is 0 Å². The van der Waals surface area contributed by atoms with Crippen LogP contribution >= 0.6 is 22.9 Å². The van der Waals surface area contributed by atoms with E-state index in [-0.39, 0.29) is 8.68 Å². The predicted molar refractivity (Wildman–Crippen MR) is 65.7 cm³/mol. The maximum Gasteiger partial charge on any atom is 0.252 e. The van der Waals surface area contributed by atoms with Crippen molar-refractivity contribution in [3.8, 4) is 0 Å². The molecule has 0 aliphatic heterocycles. The highest BCUT2D eigenvalue weighted by Crippen LogP contribution is 2.25. The van der Waals surface area contributed by atoms with Gasteiger partial charge in [-0.05, 0) is 12.8 Å². The first-order chi connectivity index (χ1) is 7.99. The fourth-order valence-corrected chi connectivity index (χ4v) is 4.48. The molecular weight excluding hydrogens is 284 g/mol.